The van der Waals surface area contributed by atoms with Gasteiger partial charge < -0.3 is 19.7 Å². The molecule has 2 heterocycles. The van der Waals surface area contributed by atoms with Gasteiger partial charge in [-0.05, 0) is 12.5 Å². The smallest absolute Gasteiger partial charge is 0.221 e. The van der Waals surface area contributed by atoms with Gasteiger partial charge in [-0.15, -0.1) is 0 Å². The Kier molecular flexibility index (Phi) is 4.43. The molecule has 1 aliphatic heterocycles. The number of pyridine rings is 1. The van der Waals surface area contributed by atoms with Crippen LogP contribution in [0.3, 0.4) is 0 Å². The van der Waals surface area contributed by atoms with Crippen molar-refractivity contribution < 1.29 is 9.47 Å². The van der Waals surface area contributed by atoms with E-state index >= 15 is 0 Å². The average Bonchev–Trinajstić information content (AvgIpc) is 2.46. The summed E-state index contributed by atoms with van der Waals surface area (Å²) in [7, 11) is 5.23. The lowest BCUT2D eigenvalue weighted by Gasteiger charge is -2.25. The molecule has 0 atom stereocenters. The molecular formula is C13H20N4O2. The summed E-state index contributed by atoms with van der Waals surface area (Å²) in [6, 6.07) is 3.77. The van der Waals surface area contributed by atoms with Crippen molar-refractivity contribution in [3.8, 4) is 11.8 Å². The lowest BCUT2D eigenvalue weighted by molar-refractivity contribution is 0.360. The highest BCUT2D eigenvalue weighted by Gasteiger charge is 2.12. The number of nitrogens with zero attached hydrogens (tertiary/aromatic N) is 3. The van der Waals surface area contributed by atoms with Crippen LogP contribution in [0.4, 0.5) is 0 Å². The molecule has 0 unspecified atom stereocenters. The van der Waals surface area contributed by atoms with Crippen molar-refractivity contribution in [2.24, 2.45) is 4.99 Å². The molecule has 0 radical (unpaired) electrons. The molecule has 1 aliphatic rings. The van der Waals surface area contributed by atoms with E-state index in [0.29, 0.717) is 18.3 Å². The Hall–Kier alpha value is -1.98. The molecule has 1 aromatic rings. The maximum atomic E-state index is 5.27. The van der Waals surface area contributed by atoms with Gasteiger partial charge in [-0.3, -0.25) is 4.99 Å². The third kappa shape index (κ3) is 3.27. The lowest BCUT2D eigenvalue weighted by atomic mass is 10.2. The zero-order chi connectivity index (χ0) is 13.7. The average molecular weight is 264 g/mol. The van der Waals surface area contributed by atoms with Crippen LogP contribution in [0.5, 0.6) is 11.8 Å². The highest BCUT2D eigenvalue weighted by molar-refractivity contribution is 5.80. The Balaban J connectivity index is 2.04. The first-order valence-electron chi connectivity index (χ1n) is 6.32. The first kappa shape index (κ1) is 13.5. The third-order valence-electron chi connectivity index (χ3n) is 3.03. The fourth-order valence-corrected chi connectivity index (χ4v) is 1.96. The maximum absolute atomic E-state index is 5.27. The van der Waals surface area contributed by atoms with E-state index in [2.05, 4.69) is 20.2 Å². The van der Waals surface area contributed by atoms with Gasteiger partial charge in [0.1, 0.15) is 0 Å². The second-order valence-electron chi connectivity index (χ2n) is 4.36. The second kappa shape index (κ2) is 6.26. The lowest BCUT2D eigenvalue weighted by Crippen LogP contribution is -2.41. The number of rotatable bonds is 4. The van der Waals surface area contributed by atoms with E-state index < -0.39 is 0 Å². The highest BCUT2D eigenvalue weighted by Crippen LogP contribution is 2.19. The summed E-state index contributed by atoms with van der Waals surface area (Å²) >= 11 is 0. The van der Waals surface area contributed by atoms with Crippen LogP contribution in [0.1, 0.15) is 12.0 Å². The minimum Gasteiger partial charge on any atom is -0.481 e. The highest BCUT2D eigenvalue weighted by atomic mass is 16.5. The maximum Gasteiger partial charge on any atom is 0.221 e. The topological polar surface area (TPSA) is 59.0 Å². The van der Waals surface area contributed by atoms with Crippen LogP contribution in [0, 0.1) is 0 Å². The van der Waals surface area contributed by atoms with Gasteiger partial charge in [-0.2, -0.15) is 4.98 Å². The van der Waals surface area contributed by atoms with Crippen LogP contribution < -0.4 is 14.8 Å². The second-order valence-corrected chi connectivity index (χ2v) is 4.36. The number of aromatic nitrogens is 1. The number of hydrogen-bond acceptors (Lipinski definition) is 6. The van der Waals surface area contributed by atoms with Crippen LogP contribution in [-0.2, 0) is 6.54 Å². The molecule has 104 valence electrons. The quantitative estimate of drug-likeness (QED) is 0.875. The number of ether oxygens (including phenoxy) is 2. The molecule has 0 saturated heterocycles. The summed E-state index contributed by atoms with van der Waals surface area (Å²) in [5.41, 5.74) is 0.977. The predicted molar refractivity (Wildman–Crippen MR) is 73.7 cm³/mol. The number of guanidine groups is 1. The summed E-state index contributed by atoms with van der Waals surface area (Å²) in [6.07, 6.45) is 1.11. The van der Waals surface area contributed by atoms with Gasteiger partial charge in [0, 0.05) is 38.3 Å². The Morgan fingerprint density at radius 1 is 1.32 bits per heavy atom. The van der Waals surface area contributed by atoms with Crippen molar-refractivity contribution in [2.45, 2.75) is 13.0 Å². The summed E-state index contributed by atoms with van der Waals surface area (Å²) in [5, 5.41) is 3.31. The summed E-state index contributed by atoms with van der Waals surface area (Å²) < 4.78 is 10.3. The standard InChI is InChI=1S/C13H20N4O2/c1-17-8-4-7-14-13(17)15-9-10-5-6-11(18-2)16-12(10)19-3/h5-6H,4,7-9H2,1-3H3,(H,14,15). The van der Waals surface area contributed by atoms with E-state index in [1.807, 2.05) is 19.2 Å². The monoisotopic (exact) mass is 264 g/mol. The molecule has 0 bridgehead atoms. The zero-order valence-electron chi connectivity index (χ0n) is 11.6. The molecule has 0 aliphatic carbocycles. The van der Waals surface area contributed by atoms with Gasteiger partial charge in [0.05, 0.1) is 14.2 Å². The predicted octanol–water partition coefficient (Wildman–Crippen LogP) is 0.880. The van der Waals surface area contributed by atoms with Gasteiger partial charge >= 0.3 is 0 Å². The van der Waals surface area contributed by atoms with Gasteiger partial charge in [0.2, 0.25) is 11.8 Å². The number of methoxy groups -OCH3 is 2. The molecular weight excluding hydrogens is 244 g/mol. The molecule has 6 heteroatoms. The first-order chi connectivity index (χ1) is 9.24. The van der Waals surface area contributed by atoms with Crippen molar-refractivity contribution in [2.75, 3.05) is 34.4 Å². The molecule has 0 saturated carbocycles. The van der Waals surface area contributed by atoms with E-state index in [1.54, 1.807) is 14.2 Å². The van der Waals surface area contributed by atoms with Crippen molar-refractivity contribution in [1.29, 1.82) is 0 Å². The van der Waals surface area contributed by atoms with E-state index in [0.717, 1.165) is 31.0 Å². The van der Waals surface area contributed by atoms with Gasteiger partial charge in [0.15, 0.2) is 5.96 Å². The van der Waals surface area contributed by atoms with Crippen molar-refractivity contribution >= 4 is 5.96 Å². The van der Waals surface area contributed by atoms with Gasteiger partial charge in [0.25, 0.3) is 0 Å². The Bertz CT molecular complexity index is 462. The fourth-order valence-electron chi connectivity index (χ4n) is 1.96. The molecule has 19 heavy (non-hydrogen) atoms. The minimum absolute atomic E-state index is 0.549. The van der Waals surface area contributed by atoms with Crippen molar-refractivity contribution in [3.05, 3.63) is 17.7 Å². The van der Waals surface area contributed by atoms with Crippen LogP contribution in [0.25, 0.3) is 0 Å². The van der Waals surface area contributed by atoms with Crippen LogP contribution >= 0.6 is 0 Å². The fraction of sp³-hybridized carbons (Fsp3) is 0.538. The van der Waals surface area contributed by atoms with Gasteiger partial charge in [-0.1, -0.05) is 0 Å². The van der Waals surface area contributed by atoms with E-state index in [9.17, 15) is 0 Å². The van der Waals surface area contributed by atoms with Crippen molar-refractivity contribution in [1.82, 2.24) is 15.2 Å². The Morgan fingerprint density at radius 3 is 2.84 bits per heavy atom. The Morgan fingerprint density at radius 2 is 2.16 bits per heavy atom. The molecule has 2 rings (SSSR count). The summed E-state index contributed by atoms with van der Waals surface area (Å²) in [6.45, 7) is 2.54. The van der Waals surface area contributed by atoms with Crippen LogP contribution in [0.15, 0.2) is 17.1 Å². The number of aliphatic imine (C=N–C) groups is 1. The molecule has 0 spiro atoms. The van der Waals surface area contributed by atoms with Gasteiger partial charge in [-0.25, -0.2) is 0 Å². The van der Waals surface area contributed by atoms with E-state index in [4.69, 9.17) is 9.47 Å². The van der Waals surface area contributed by atoms with E-state index in [1.165, 1.54) is 0 Å². The third-order valence-corrected chi connectivity index (χ3v) is 3.03. The number of nitrogens with one attached hydrogen (secondary N) is 1. The van der Waals surface area contributed by atoms with Crippen LogP contribution in [0.2, 0.25) is 0 Å². The molecule has 0 aromatic carbocycles. The molecule has 1 N–H and O–H groups in total. The molecule has 0 fully saturated rings. The normalized spacial score (nSPS) is 14.9. The van der Waals surface area contributed by atoms with Crippen molar-refractivity contribution in [3.63, 3.8) is 0 Å². The Labute approximate surface area is 113 Å². The molecule has 0 amide bonds. The minimum atomic E-state index is 0.549. The summed E-state index contributed by atoms with van der Waals surface area (Å²) in [4.78, 5) is 10.8. The number of hydrogen-bond donors (Lipinski definition) is 1. The summed E-state index contributed by atoms with van der Waals surface area (Å²) in [5.74, 6) is 2.04. The first-order valence-corrected chi connectivity index (χ1v) is 6.32. The largest absolute Gasteiger partial charge is 0.481 e. The molecule has 6 nitrogen and oxygen atoms in total. The SMILES string of the molecule is COc1ccc(CNC2=NCCCN2C)c(OC)n1. The van der Waals surface area contributed by atoms with E-state index in [-0.39, 0.29) is 0 Å². The zero-order valence-corrected chi connectivity index (χ0v) is 11.6. The molecule has 1 aromatic heterocycles. The van der Waals surface area contributed by atoms with Crippen LogP contribution in [-0.4, -0.2) is 50.2 Å².